The van der Waals surface area contributed by atoms with Crippen LogP contribution < -0.4 is 10.6 Å². The quantitative estimate of drug-likeness (QED) is 0.326. The molecule has 29 heavy (non-hydrogen) atoms. The molecule has 0 aliphatic rings. The van der Waals surface area contributed by atoms with E-state index in [0.29, 0.717) is 35.7 Å². The molecular formula is C20H24FIN4O2S. The van der Waals surface area contributed by atoms with Crippen LogP contribution in [0.1, 0.15) is 29.2 Å². The van der Waals surface area contributed by atoms with Crippen LogP contribution in [-0.2, 0) is 28.7 Å². The lowest BCUT2D eigenvalue weighted by molar-refractivity contribution is 0.599. The zero-order valence-electron chi connectivity index (χ0n) is 16.3. The van der Waals surface area contributed by atoms with Crippen LogP contribution in [-0.4, -0.2) is 27.2 Å². The van der Waals surface area contributed by atoms with Crippen LogP contribution in [0.4, 0.5) is 4.39 Å². The summed E-state index contributed by atoms with van der Waals surface area (Å²) in [5.74, 6) is -0.0670. The molecule has 0 atom stereocenters. The Hall–Kier alpha value is -2.19. The first-order valence-electron chi connectivity index (χ1n) is 8.77. The predicted molar refractivity (Wildman–Crippen MR) is 123 cm³/mol. The maximum absolute atomic E-state index is 13.6. The summed E-state index contributed by atoms with van der Waals surface area (Å²) in [6.07, 6.45) is 1.15. The molecule has 2 N–H and O–H groups in total. The number of sulfone groups is 1. The molecule has 0 saturated carbocycles. The highest BCUT2D eigenvalue weighted by Gasteiger charge is 2.11. The first-order chi connectivity index (χ1) is 13.3. The van der Waals surface area contributed by atoms with Crippen molar-refractivity contribution in [3.8, 4) is 6.07 Å². The molecule has 0 aromatic heterocycles. The number of guanidine groups is 1. The van der Waals surface area contributed by atoms with E-state index in [1.165, 1.54) is 18.2 Å². The van der Waals surface area contributed by atoms with E-state index in [-0.39, 0.29) is 36.3 Å². The van der Waals surface area contributed by atoms with Crippen molar-refractivity contribution in [1.29, 1.82) is 5.26 Å². The fourth-order valence-electron chi connectivity index (χ4n) is 2.61. The maximum Gasteiger partial charge on any atom is 0.191 e. The third-order valence-corrected chi connectivity index (χ3v) is 4.69. The third kappa shape index (κ3) is 8.79. The van der Waals surface area contributed by atoms with Crippen molar-refractivity contribution in [3.05, 3.63) is 70.5 Å². The molecule has 0 aliphatic carbocycles. The largest absolute Gasteiger partial charge is 0.357 e. The third-order valence-electron chi connectivity index (χ3n) is 3.85. The van der Waals surface area contributed by atoms with Crippen molar-refractivity contribution in [1.82, 2.24) is 10.6 Å². The monoisotopic (exact) mass is 530 g/mol. The summed E-state index contributed by atoms with van der Waals surface area (Å²) in [7, 11) is -3.24. The van der Waals surface area contributed by atoms with Crippen molar-refractivity contribution in [2.24, 2.45) is 4.99 Å². The molecule has 0 unspecified atom stereocenters. The number of hydrogen-bond acceptors (Lipinski definition) is 4. The van der Waals surface area contributed by atoms with Gasteiger partial charge in [-0.3, -0.25) is 0 Å². The highest BCUT2D eigenvalue weighted by molar-refractivity contribution is 14.0. The Bertz CT molecular complexity index is 1000. The number of rotatable bonds is 7. The van der Waals surface area contributed by atoms with E-state index < -0.39 is 15.7 Å². The number of nitrogens with zero attached hydrogens (tertiary/aromatic N) is 2. The Morgan fingerprint density at radius 2 is 1.93 bits per heavy atom. The molecular weight excluding hydrogens is 506 g/mol. The maximum atomic E-state index is 13.6. The van der Waals surface area contributed by atoms with Gasteiger partial charge in [-0.05, 0) is 47.9 Å². The van der Waals surface area contributed by atoms with Gasteiger partial charge in [0.25, 0.3) is 0 Å². The van der Waals surface area contributed by atoms with Gasteiger partial charge in [0.15, 0.2) is 15.8 Å². The molecule has 2 aromatic rings. The van der Waals surface area contributed by atoms with Crippen LogP contribution in [0.25, 0.3) is 0 Å². The molecule has 0 fully saturated rings. The molecule has 6 nitrogen and oxygen atoms in total. The highest BCUT2D eigenvalue weighted by atomic mass is 127. The SMILES string of the molecule is CCNC(=NCc1cccc(C#N)c1)NCc1cc(F)ccc1CS(C)(=O)=O.I. The van der Waals surface area contributed by atoms with Crippen LogP contribution in [0.3, 0.4) is 0 Å². The van der Waals surface area contributed by atoms with Crippen molar-refractivity contribution in [2.45, 2.75) is 25.8 Å². The Kier molecular flexibility index (Phi) is 10.0. The van der Waals surface area contributed by atoms with Gasteiger partial charge >= 0.3 is 0 Å². The van der Waals surface area contributed by atoms with Gasteiger partial charge < -0.3 is 10.6 Å². The number of hydrogen-bond donors (Lipinski definition) is 2. The molecule has 0 amide bonds. The molecule has 0 radical (unpaired) electrons. The van der Waals surface area contributed by atoms with Gasteiger partial charge in [-0.1, -0.05) is 18.2 Å². The molecule has 0 aliphatic heterocycles. The second kappa shape index (κ2) is 11.7. The lowest BCUT2D eigenvalue weighted by Gasteiger charge is -2.14. The lowest BCUT2D eigenvalue weighted by atomic mass is 10.1. The minimum absolute atomic E-state index is 0. The molecule has 0 saturated heterocycles. The van der Waals surface area contributed by atoms with E-state index in [1.807, 2.05) is 13.0 Å². The molecule has 2 aromatic carbocycles. The lowest BCUT2D eigenvalue weighted by Crippen LogP contribution is -2.37. The summed E-state index contributed by atoms with van der Waals surface area (Å²) in [5, 5.41) is 15.2. The number of nitriles is 1. The van der Waals surface area contributed by atoms with E-state index in [9.17, 15) is 12.8 Å². The van der Waals surface area contributed by atoms with Gasteiger partial charge in [0.1, 0.15) is 5.82 Å². The average molecular weight is 530 g/mol. The standard InChI is InChI=1S/C20H23FN4O2S.HI/c1-3-23-20(24-12-16-6-4-5-15(9-16)11-22)25-13-18-10-19(21)8-7-17(18)14-28(2,26)27;/h4-10H,3,12-14H2,1-2H3,(H2,23,24,25);1H. The predicted octanol–water partition coefficient (Wildman–Crippen LogP) is 3.12. The molecule has 2 rings (SSSR count). The van der Waals surface area contributed by atoms with Crippen LogP contribution in [0.5, 0.6) is 0 Å². The summed E-state index contributed by atoms with van der Waals surface area (Å²) in [6, 6.07) is 13.3. The van der Waals surface area contributed by atoms with Crippen LogP contribution in [0, 0.1) is 17.1 Å². The van der Waals surface area contributed by atoms with Crippen molar-refractivity contribution >= 4 is 39.8 Å². The Balaban J connectivity index is 0.00000420. The van der Waals surface area contributed by atoms with E-state index in [1.54, 1.807) is 18.2 Å². The van der Waals surface area contributed by atoms with Crippen LogP contribution >= 0.6 is 24.0 Å². The number of benzene rings is 2. The normalized spacial score (nSPS) is 11.3. The zero-order valence-corrected chi connectivity index (χ0v) is 19.4. The first kappa shape index (κ1) is 24.8. The smallest absolute Gasteiger partial charge is 0.191 e. The molecule has 156 valence electrons. The van der Waals surface area contributed by atoms with E-state index in [4.69, 9.17) is 5.26 Å². The second-order valence-electron chi connectivity index (χ2n) is 6.34. The van der Waals surface area contributed by atoms with E-state index >= 15 is 0 Å². The van der Waals surface area contributed by atoms with Crippen molar-refractivity contribution in [3.63, 3.8) is 0 Å². The van der Waals surface area contributed by atoms with Crippen LogP contribution in [0.15, 0.2) is 47.5 Å². The summed E-state index contributed by atoms with van der Waals surface area (Å²) in [5.41, 5.74) is 2.56. The second-order valence-corrected chi connectivity index (χ2v) is 8.48. The average Bonchev–Trinajstić information content (AvgIpc) is 2.65. The fraction of sp³-hybridized carbons (Fsp3) is 0.300. The van der Waals surface area contributed by atoms with Gasteiger partial charge in [-0.25, -0.2) is 17.8 Å². The van der Waals surface area contributed by atoms with Gasteiger partial charge in [0.05, 0.1) is 23.9 Å². The van der Waals surface area contributed by atoms with Gasteiger partial charge in [0.2, 0.25) is 0 Å². The van der Waals surface area contributed by atoms with Gasteiger partial charge in [0, 0.05) is 19.3 Å². The Morgan fingerprint density at radius 3 is 2.59 bits per heavy atom. The first-order valence-corrected chi connectivity index (χ1v) is 10.8. The van der Waals surface area contributed by atoms with Crippen LogP contribution in [0.2, 0.25) is 0 Å². The molecule has 0 spiro atoms. The van der Waals surface area contributed by atoms with Crippen molar-refractivity contribution in [2.75, 3.05) is 12.8 Å². The van der Waals surface area contributed by atoms with Gasteiger partial charge in [-0.2, -0.15) is 5.26 Å². The minimum Gasteiger partial charge on any atom is -0.357 e. The van der Waals surface area contributed by atoms with E-state index in [0.717, 1.165) is 11.8 Å². The summed E-state index contributed by atoms with van der Waals surface area (Å²) in [6.45, 7) is 3.14. The van der Waals surface area contributed by atoms with E-state index in [2.05, 4.69) is 21.7 Å². The topological polar surface area (TPSA) is 94.3 Å². The fourth-order valence-corrected chi connectivity index (χ4v) is 3.46. The molecule has 0 bridgehead atoms. The summed E-state index contributed by atoms with van der Waals surface area (Å²) in [4.78, 5) is 4.47. The van der Waals surface area contributed by atoms with Crippen molar-refractivity contribution < 1.29 is 12.8 Å². The number of nitrogens with one attached hydrogen (secondary N) is 2. The summed E-state index contributed by atoms with van der Waals surface area (Å²) >= 11 is 0. The number of aliphatic imine (C=N–C) groups is 1. The molecule has 0 heterocycles. The minimum atomic E-state index is -3.24. The Labute approximate surface area is 188 Å². The summed E-state index contributed by atoms with van der Waals surface area (Å²) < 4.78 is 36.9. The zero-order chi connectivity index (χ0) is 20.6. The molecule has 9 heteroatoms. The van der Waals surface area contributed by atoms with Gasteiger partial charge in [-0.15, -0.1) is 24.0 Å². The Morgan fingerprint density at radius 1 is 1.17 bits per heavy atom. The highest BCUT2D eigenvalue weighted by Crippen LogP contribution is 2.14. The number of halogens is 2.